The van der Waals surface area contributed by atoms with Crippen LogP contribution in [0.3, 0.4) is 0 Å². The van der Waals surface area contributed by atoms with Crippen molar-refractivity contribution in [2.45, 2.75) is 32.5 Å². The molecule has 1 N–H and O–H groups in total. The molecule has 0 saturated heterocycles. The summed E-state index contributed by atoms with van der Waals surface area (Å²) >= 11 is 1.52. The smallest absolute Gasteiger partial charge is 0.247 e. The van der Waals surface area contributed by atoms with Gasteiger partial charge in [0.1, 0.15) is 17.6 Å². The SMILES string of the molecule is COc1ccc(CNC(=O)[C@@H](c2ccccc2C)N(Cc2ccco2)C(=O)Cc2cccs2)cc1. The third-order valence-electron chi connectivity index (χ3n) is 5.80. The van der Waals surface area contributed by atoms with E-state index in [2.05, 4.69) is 5.32 Å². The van der Waals surface area contributed by atoms with Gasteiger partial charge in [0.2, 0.25) is 11.8 Å². The van der Waals surface area contributed by atoms with Gasteiger partial charge < -0.3 is 19.4 Å². The van der Waals surface area contributed by atoms with E-state index in [0.29, 0.717) is 12.3 Å². The average Bonchev–Trinajstić information content (AvgIpc) is 3.58. The van der Waals surface area contributed by atoms with Crippen molar-refractivity contribution in [1.82, 2.24) is 10.2 Å². The summed E-state index contributed by atoms with van der Waals surface area (Å²) in [6.07, 6.45) is 1.79. The van der Waals surface area contributed by atoms with E-state index in [1.165, 1.54) is 11.3 Å². The van der Waals surface area contributed by atoms with Crippen LogP contribution in [0.4, 0.5) is 0 Å². The average molecular weight is 489 g/mol. The largest absolute Gasteiger partial charge is 0.497 e. The first kappa shape index (κ1) is 24.3. The molecule has 0 aliphatic rings. The minimum Gasteiger partial charge on any atom is -0.497 e. The van der Waals surface area contributed by atoms with Crippen LogP contribution in [0.15, 0.2) is 88.9 Å². The van der Waals surface area contributed by atoms with Crippen LogP contribution in [0, 0.1) is 6.92 Å². The summed E-state index contributed by atoms with van der Waals surface area (Å²) in [5.41, 5.74) is 2.65. The Bertz CT molecular complexity index is 1230. The highest BCUT2D eigenvalue weighted by molar-refractivity contribution is 7.10. The van der Waals surface area contributed by atoms with Gasteiger partial charge in [-0.05, 0) is 59.3 Å². The second kappa shape index (κ2) is 11.5. The van der Waals surface area contributed by atoms with Gasteiger partial charge in [-0.2, -0.15) is 0 Å². The van der Waals surface area contributed by atoms with E-state index < -0.39 is 6.04 Å². The van der Waals surface area contributed by atoms with Crippen molar-refractivity contribution in [3.05, 3.63) is 112 Å². The van der Waals surface area contributed by atoms with Crippen LogP contribution >= 0.6 is 11.3 Å². The van der Waals surface area contributed by atoms with Crippen molar-refractivity contribution in [1.29, 1.82) is 0 Å². The molecule has 4 rings (SSSR count). The van der Waals surface area contributed by atoms with Gasteiger partial charge in [-0.25, -0.2) is 0 Å². The van der Waals surface area contributed by atoms with Crippen molar-refractivity contribution in [3.63, 3.8) is 0 Å². The number of furan rings is 1. The van der Waals surface area contributed by atoms with E-state index in [4.69, 9.17) is 9.15 Å². The number of carbonyl (C=O) groups excluding carboxylic acids is 2. The zero-order valence-corrected chi connectivity index (χ0v) is 20.6. The molecule has 2 aromatic heterocycles. The lowest BCUT2D eigenvalue weighted by atomic mass is 9.98. The molecule has 0 radical (unpaired) electrons. The maximum absolute atomic E-state index is 13.7. The molecule has 2 aromatic carbocycles. The molecular weight excluding hydrogens is 460 g/mol. The molecule has 0 aliphatic carbocycles. The summed E-state index contributed by atoms with van der Waals surface area (Å²) in [5, 5.41) is 4.98. The predicted molar refractivity (Wildman–Crippen MR) is 136 cm³/mol. The Morgan fingerprint density at radius 3 is 2.49 bits per heavy atom. The fourth-order valence-electron chi connectivity index (χ4n) is 3.93. The Hall–Kier alpha value is -3.84. The fourth-order valence-corrected chi connectivity index (χ4v) is 4.63. The number of amides is 2. The van der Waals surface area contributed by atoms with Crippen molar-refractivity contribution >= 4 is 23.2 Å². The fraction of sp³-hybridized carbons (Fsp3) is 0.214. The van der Waals surface area contributed by atoms with E-state index in [1.54, 1.807) is 24.3 Å². The lowest BCUT2D eigenvalue weighted by Gasteiger charge is -2.31. The molecule has 7 heteroatoms. The lowest BCUT2D eigenvalue weighted by Crippen LogP contribution is -2.44. The Morgan fingerprint density at radius 1 is 1.03 bits per heavy atom. The number of hydrogen-bond acceptors (Lipinski definition) is 5. The van der Waals surface area contributed by atoms with Gasteiger partial charge in [-0.15, -0.1) is 11.3 Å². The maximum atomic E-state index is 13.7. The van der Waals surface area contributed by atoms with Crippen molar-refractivity contribution in [2.24, 2.45) is 0 Å². The molecule has 2 heterocycles. The van der Waals surface area contributed by atoms with Crippen LogP contribution < -0.4 is 10.1 Å². The highest BCUT2D eigenvalue weighted by atomic mass is 32.1. The monoisotopic (exact) mass is 488 g/mol. The number of benzene rings is 2. The van der Waals surface area contributed by atoms with E-state index in [1.807, 2.05) is 79.0 Å². The summed E-state index contributed by atoms with van der Waals surface area (Å²) < 4.78 is 10.8. The number of ether oxygens (including phenoxy) is 1. The van der Waals surface area contributed by atoms with Gasteiger partial charge in [0, 0.05) is 11.4 Å². The second-order valence-corrected chi connectivity index (χ2v) is 9.21. The predicted octanol–water partition coefficient (Wildman–Crippen LogP) is 5.29. The topological polar surface area (TPSA) is 71.8 Å². The molecule has 180 valence electrons. The Balaban J connectivity index is 1.64. The van der Waals surface area contributed by atoms with Crippen molar-refractivity contribution in [3.8, 4) is 5.75 Å². The van der Waals surface area contributed by atoms with Crippen LogP contribution in [0.25, 0.3) is 0 Å². The minimum absolute atomic E-state index is 0.142. The maximum Gasteiger partial charge on any atom is 0.247 e. The number of rotatable bonds is 10. The van der Waals surface area contributed by atoms with Gasteiger partial charge in [-0.1, -0.05) is 42.5 Å². The molecule has 4 aromatic rings. The van der Waals surface area contributed by atoms with Crippen LogP contribution in [0.1, 0.15) is 33.4 Å². The van der Waals surface area contributed by atoms with Crippen LogP contribution in [-0.2, 0) is 29.1 Å². The van der Waals surface area contributed by atoms with Gasteiger partial charge in [0.05, 0.1) is 26.3 Å². The number of hydrogen-bond donors (Lipinski definition) is 1. The summed E-state index contributed by atoms with van der Waals surface area (Å²) in [6.45, 7) is 2.47. The Morgan fingerprint density at radius 2 is 1.83 bits per heavy atom. The van der Waals surface area contributed by atoms with Gasteiger partial charge in [0.15, 0.2) is 0 Å². The number of thiophene rings is 1. The standard InChI is InChI=1S/C28H28N2O4S/c1-20-7-3-4-10-25(20)27(28(32)29-18-21-11-13-22(33-2)14-12-21)30(19-23-8-5-15-34-23)26(31)17-24-9-6-16-35-24/h3-16,27H,17-19H2,1-2H3,(H,29,32)/t27-/m1/s1. The van der Waals surface area contributed by atoms with Crippen LogP contribution in [0.5, 0.6) is 5.75 Å². The summed E-state index contributed by atoms with van der Waals surface area (Å²) in [7, 11) is 1.62. The van der Waals surface area contributed by atoms with Crippen molar-refractivity contribution < 1.29 is 18.7 Å². The normalized spacial score (nSPS) is 11.6. The molecule has 0 aliphatic heterocycles. The third-order valence-corrected chi connectivity index (χ3v) is 6.68. The zero-order chi connectivity index (χ0) is 24.6. The first-order valence-corrected chi connectivity index (χ1v) is 12.2. The summed E-state index contributed by atoms with van der Waals surface area (Å²) in [6, 6.07) is 21.8. The molecule has 1 atom stereocenters. The second-order valence-electron chi connectivity index (χ2n) is 8.18. The van der Waals surface area contributed by atoms with Gasteiger partial charge in [0.25, 0.3) is 0 Å². The highest BCUT2D eigenvalue weighted by Gasteiger charge is 2.33. The molecule has 35 heavy (non-hydrogen) atoms. The molecule has 0 spiro atoms. The van der Waals surface area contributed by atoms with Crippen LogP contribution in [-0.4, -0.2) is 23.8 Å². The van der Waals surface area contributed by atoms with E-state index in [-0.39, 0.29) is 24.8 Å². The molecular formula is C28H28N2O4S. The number of nitrogens with one attached hydrogen (secondary N) is 1. The van der Waals surface area contributed by atoms with Crippen LogP contribution in [0.2, 0.25) is 0 Å². The molecule has 2 amide bonds. The van der Waals surface area contributed by atoms with Crippen molar-refractivity contribution in [2.75, 3.05) is 7.11 Å². The minimum atomic E-state index is -0.813. The highest BCUT2D eigenvalue weighted by Crippen LogP contribution is 2.28. The number of methoxy groups -OCH3 is 1. The van der Waals surface area contributed by atoms with E-state index in [0.717, 1.165) is 27.3 Å². The molecule has 0 bridgehead atoms. The number of aryl methyl sites for hydroxylation is 1. The van der Waals surface area contributed by atoms with E-state index >= 15 is 0 Å². The summed E-state index contributed by atoms with van der Waals surface area (Å²) in [5.74, 6) is 0.977. The van der Waals surface area contributed by atoms with Gasteiger partial charge in [-0.3, -0.25) is 9.59 Å². The zero-order valence-electron chi connectivity index (χ0n) is 19.8. The third kappa shape index (κ3) is 6.19. The summed E-state index contributed by atoms with van der Waals surface area (Å²) in [4.78, 5) is 29.9. The van der Waals surface area contributed by atoms with E-state index in [9.17, 15) is 9.59 Å². The Labute approximate surface area is 209 Å². The number of carbonyl (C=O) groups is 2. The molecule has 0 unspecified atom stereocenters. The molecule has 0 saturated carbocycles. The van der Waals surface area contributed by atoms with Gasteiger partial charge >= 0.3 is 0 Å². The quantitative estimate of drug-likeness (QED) is 0.329. The first-order chi connectivity index (χ1) is 17.0. The molecule has 0 fully saturated rings. The first-order valence-electron chi connectivity index (χ1n) is 11.4. The lowest BCUT2D eigenvalue weighted by molar-refractivity contribution is -0.141. The Kier molecular flexibility index (Phi) is 8.00. The number of nitrogens with zero attached hydrogens (tertiary/aromatic N) is 1. The molecule has 6 nitrogen and oxygen atoms in total.